The Morgan fingerprint density at radius 2 is 1.89 bits per heavy atom. The fourth-order valence-corrected chi connectivity index (χ4v) is 4.64. The maximum atomic E-state index is 12.8. The first-order valence-electron chi connectivity index (χ1n) is 6.70. The van der Waals surface area contributed by atoms with Crippen LogP contribution in [-0.4, -0.2) is 25.8 Å². The lowest BCUT2D eigenvalue weighted by Crippen LogP contribution is -2.39. The lowest BCUT2D eigenvalue weighted by atomic mass is 10.0. The molecular formula is C14H22N2O2S. The number of piperidine rings is 1. The van der Waals surface area contributed by atoms with Gasteiger partial charge in [0.15, 0.2) is 0 Å². The molecule has 2 N–H and O–H groups in total. The van der Waals surface area contributed by atoms with Gasteiger partial charge in [-0.05, 0) is 43.7 Å². The van der Waals surface area contributed by atoms with Gasteiger partial charge < -0.3 is 5.73 Å². The average molecular weight is 282 g/mol. The molecule has 1 aliphatic heterocycles. The van der Waals surface area contributed by atoms with E-state index in [0.717, 1.165) is 24.0 Å². The van der Waals surface area contributed by atoms with Gasteiger partial charge in [0.25, 0.3) is 0 Å². The van der Waals surface area contributed by atoms with Crippen molar-refractivity contribution in [3.05, 3.63) is 23.3 Å². The lowest BCUT2D eigenvalue weighted by molar-refractivity contribution is 0.281. The van der Waals surface area contributed by atoms with Crippen molar-refractivity contribution >= 4 is 15.7 Å². The van der Waals surface area contributed by atoms with E-state index in [1.54, 1.807) is 11.2 Å². The molecule has 1 heterocycles. The zero-order valence-corrected chi connectivity index (χ0v) is 12.6. The molecule has 1 aromatic rings. The van der Waals surface area contributed by atoms with Crippen molar-refractivity contribution < 1.29 is 8.42 Å². The molecule has 1 aliphatic rings. The molecule has 1 fully saturated rings. The van der Waals surface area contributed by atoms with E-state index in [-0.39, 0.29) is 0 Å². The Hall–Kier alpha value is -1.07. The minimum Gasteiger partial charge on any atom is -0.397 e. The van der Waals surface area contributed by atoms with E-state index in [1.165, 1.54) is 0 Å². The number of hydrogen-bond acceptors (Lipinski definition) is 3. The molecule has 0 aromatic heterocycles. The standard InChI is InChI=1S/C14H22N2O2S/c1-10-5-4-8-16(9-10)19(17,18)14-12(3)7-6-11(2)13(14)15/h6-7,10H,4-5,8-9,15H2,1-3H3. The predicted molar refractivity (Wildman–Crippen MR) is 77.5 cm³/mol. The number of nitrogens with two attached hydrogens (primary N) is 1. The molecule has 19 heavy (non-hydrogen) atoms. The third-order valence-electron chi connectivity index (χ3n) is 3.83. The summed E-state index contributed by atoms with van der Waals surface area (Å²) in [5.74, 6) is 0.412. The average Bonchev–Trinajstić information content (AvgIpc) is 2.34. The van der Waals surface area contributed by atoms with Crippen LogP contribution in [0.15, 0.2) is 17.0 Å². The number of benzene rings is 1. The number of rotatable bonds is 2. The summed E-state index contributed by atoms with van der Waals surface area (Å²) in [5, 5.41) is 0. The Morgan fingerprint density at radius 1 is 1.26 bits per heavy atom. The number of hydrogen-bond donors (Lipinski definition) is 1. The minimum atomic E-state index is -3.47. The van der Waals surface area contributed by atoms with Crippen LogP contribution >= 0.6 is 0 Å². The van der Waals surface area contributed by atoms with Gasteiger partial charge in [0.05, 0.1) is 5.69 Å². The SMILES string of the molecule is Cc1ccc(C)c(S(=O)(=O)N2CCCC(C)C2)c1N. The summed E-state index contributed by atoms with van der Waals surface area (Å²) in [6.07, 6.45) is 2.01. The zero-order valence-electron chi connectivity index (χ0n) is 11.8. The number of anilines is 1. The fourth-order valence-electron chi connectivity index (χ4n) is 2.64. The van der Waals surface area contributed by atoms with E-state index in [4.69, 9.17) is 5.73 Å². The third kappa shape index (κ3) is 2.62. The van der Waals surface area contributed by atoms with Gasteiger partial charge in [0.2, 0.25) is 10.0 Å². The summed E-state index contributed by atoms with van der Waals surface area (Å²) in [5.41, 5.74) is 7.93. The van der Waals surface area contributed by atoms with Crippen molar-refractivity contribution in [1.29, 1.82) is 0 Å². The second-order valence-electron chi connectivity index (χ2n) is 5.55. The van der Waals surface area contributed by atoms with Gasteiger partial charge in [-0.1, -0.05) is 19.1 Å². The van der Waals surface area contributed by atoms with Gasteiger partial charge in [-0.25, -0.2) is 8.42 Å². The van der Waals surface area contributed by atoms with Gasteiger partial charge >= 0.3 is 0 Å². The molecule has 1 saturated heterocycles. The van der Waals surface area contributed by atoms with Crippen LogP contribution < -0.4 is 5.73 Å². The van der Waals surface area contributed by atoms with E-state index < -0.39 is 10.0 Å². The number of nitrogens with zero attached hydrogens (tertiary/aromatic N) is 1. The Labute approximate surface area is 115 Å². The summed E-state index contributed by atoms with van der Waals surface area (Å²) in [4.78, 5) is 0.293. The Bertz CT molecular complexity index is 581. The Morgan fingerprint density at radius 3 is 2.53 bits per heavy atom. The first-order valence-corrected chi connectivity index (χ1v) is 8.14. The Balaban J connectivity index is 2.48. The monoisotopic (exact) mass is 282 g/mol. The second kappa shape index (κ2) is 5.13. The number of sulfonamides is 1. The van der Waals surface area contributed by atoms with Crippen LogP contribution in [0.5, 0.6) is 0 Å². The third-order valence-corrected chi connectivity index (χ3v) is 5.90. The topological polar surface area (TPSA) is 63.4 Å². The molecule has 0 radical (unpaired) electrons. The quantitative estimate of drug-likeness (QED) is 0.847. The van der Waals surface area contributed by atoms with Crippen LogP contribution in [0.2, 0.25) is 0 Å². The van der Waals surface area contributed by atoms with Crippen LogP contribution in [0.4, 0.5) is 5.69 Å². The maximum absolute atomic E-state index is 12.8. The highest BCUT2D eigenvalue weighted by Crippen LogP contribution is 2.31. The van der Waals surface area contributed by atoms with Gasteiger partial charge in [-0.2, -0.15) is 4.31 Å². The summed E-state index contributed by atoms with van der Waals surface area (Å²) in [6, 6.07) is 3.69. The molecule has 1 aromatic carbocycles. The largest absolute Gasteiger partial charge is 0.397 e. The zero-order chi connectivity index (χ0) is 14.2. The highest BCUT2D eigenvalue weighted by atomic mass is 32.2. The fraction of sp³-hybridized carbons (Fsp3) is 0.571. The normalized spacial score (nSPS) is 21.5. The van der Waals surface area contributed by atoms with Crippen LogP contribution in [0.1, 0.15) is 30.9 Å². The summed E-state index contributed by atoms with van der Waals surface area (Å²) in [6.45, 7) is 6.92. The van der Waals surface area contributed by atoms with Gasteiger partial charge in [-0.3, -0.25) is 0 Å². The highest BCUT2D eigenvalue weighted by molar-refractivity contribution is 7.89. The summed E-state index contributed by atoms with van der Waals surface area (Å²) in [7, 11) is -3.47. The number of aryl methyl sites for hydroxylation is 2. The Kier molecular flexibility index (Phi) is 3.87. The molecular weight excluding hydrogens is 260 g/mol. The number of nitrogen functional groups attached to an aromatic ring is 1. The first-order chi connectivity index (χ1) is 8.84. The molecule has 0 saturated carbocycles. The van der Waals surface area contributed by atoms with Crippen molar-refractivity contribution in [2.24, 2.45) is 5.92 Å². The van der Waals surface area contributed by atoms with Crippen LogP contribution in [0.3, 0.4) is 0 Å². The second-order valence-corrected chi connectivity index (χ2v) is 7.43. The molecule has 0 amide bonds. The van der Waals surface area contributed by atoms with Gasteiger partial charge in [0, 0.05) is 13.1 Å². The molecule has 0 bridgehead atoms. The van der Waals surface area contributed by atoms with E-state index in [2.05, 4.69) is 6.92 Å². The van der Waals surface area contributed by atoms with E-state index >= 15 is 0 Å². The van der Waals surface area contributed by atoms with Crippen molar-refractivity contribution in [1.82, 2.24) is 4.31 Å². The van der Waals surface area contributed by atoms with E-state index in [1.807, 2.05) is 19.1 Å². The molecule has 0 aliphatic carbocycles. The van der Waals surface area contributed by atoms with Crippen LogP contribution in [0.25, 0.3) is 0 Å². The molecule has 0 spiro atoms. The lowest BCUT2D eigenvalue weighted by Gasteiger charge is -2.31. The molecule has 4 nitrogen and oxygen atoms in total. The highest BCUT2D eigenvalue weighted by Gasteiger charge is 2.31. The molecule has 1 atom stereocenters. The molecule has 2 rings (SSSR count). The van der Waals surface area contributed by atoms with E-state index in [0.29, 0.717) is 29.6 Å². The van der Waals surface area contributed by atoms with Crippen LogP contribution in [-0.2, 0) is 10.0 Å². The van der Waals surface area contributed by atoms with Crippen molar-refractivity contribution in [2.75, 3.05) is 18.8 Å². The van der Waals surface area contributed by atoms with Crippen molar-refractivity contribution in [3.8, 4) is 0 Å². The molecule has 106 valence electrons. The van der Waals surface area contributed by atoms with Crippen molar-refractivity contribution in [3.63, 3.8) is 0 Å². The van der Waals surface area contributed by atoms with Crippen molar-refractivity contribution in [2.45, 2.75) is 38.5 Å². The van der Waals surface area contributed by atoms with Gasteiger partial charge in [-0.15, -0.1) is 0 Å². The minimum absolute atomic E-state index is 0.293. The summed E-state index contributed by atoms with van der Waals surface area (Å²) >= 11 is 0. The molecule has 5 heteroatoms. The predicted octanol–water partition coefficient (Wildman–Crippen LogP) is 2.31. The smallest absolute Gasteiger partial charge is 0.245 e. The van der Waals surface area contributed by atoms with Gasteiger partial charge in [0.1, 0.15) is 4.90 Å². The van der Waals surface area contributed by atoms with Crippen LogP contribution in [0, 0.1) is 19.8 Å². The maximum Gasteiger partial charge on any atom is 0.245 e. The first kappa shape index (κ1) is 14.3. The summed E-state index contributed by atoms with van der Waals surface area (Å²) < 4.78 is 27.1. The molecule has 1 unspecified atom stereocenters. The van der Waals surface area contributed by atoms with E-state index in [9.17, 15) is 8.42 Å².